The van der Waals surface area contributed by atoms with Gasteiger partial charge in [-0.2, -0.15) is 23.3 Å². The first kappa shape index (κ1) is 18.9. The molecule has 0 atom stereocenters. The van der Waals surface area contributed by atoms with Crippen LogP contribution in [-0.2, 0) is 12.7 Å². The minimum atomic E-state index is -4.57. The smallest absolute Gasteiger partial charge is 0.354 e. The van der Waals surface area contributed by atoms with Gasteiger partial charge in [0.2, 0.25) is 5.95 Å². The molecule has 0 aliphatic carbocycles. The number of nitrogens with one attached hydrogen (secondary N) is 1. The van der Waals surface area contributed by atoms with Crippen molar-refractivity contribution in [3.8, 4) is 0 Å². The molecular weight excluding hydrogens is 379 g/mol. The van der Waals surface area contributed by atoms with Gasteiger partial charge in [0, 0.05) is 18.6 Å². The summed E-state index contributed by atoms with van der Waals surface area (Å²) < 4.78 is 39.7. The molecule has 0 bridgehead atoms. The number of hydrogen-bond donors (Lipinski definition) is 1. The van der Waals surface area contributed by atoms with Crippen LogP contribution in [0.15, 0.2) is 54.7 Å². The van der Waals surface area contributed by atoms with Gasteiger partial charge in [0.25, 0.3) is 0 Å². The average Bonchev–Trinajstić information content (AvgIpc) is 2.63. The lowest BCUT2D eigenvalue weighted by atomic mass is 10.1. The van der Waals surface area contributed by atoms with Crippen molar-refractivity contribution >= 4 is 29.1 Å². The second-order valence-electron chi connectivity index (χ2n) is 5.79. The van der Waals surface area contributed by atoms with Crippen molar-refractivity contribution in [2.24, 2.45) is 0 Å². The lowest BCUT2D eigenvalue weighted by Crippen LogP contribution is -2.19. The zero-order chi connectivity index (χ0) is 19.4. The predicted molar refractivity (Wildman–Crippen MR) is 98.1 cm³/mol. The van der Waals surface area contributed by atoms with Gasteiger partial charge in [-0.15, -0.1) is 5.10 Å². The quantitative estimate of drug-likeness (QED) is 0.666. The second kappa shape index (κ2) is 7.79. The van der Waals surface area contributed by atoms with Crippen molar-refractivity contribution < 1.29 is 13.2 Å². The van der Waals surface area contributed by atoms with E-state index in [9.17, 15) is 13.2 Å². The fourth-order valence-corrected chi connectivity index (χ4v) is 2.62. The second-order valence-corrected chi connectivity index (χ2v) is 6.23. The van der Waals surface area contributed by atoms with Gasteiger partial charge in [-0.1, -0.05) is 41.9 Å². The number of rotatable bonds is 5. The molecule has 0 radical (unpaired) electrons. The van der Waals surface area contributed by atoms with E-state index >= 15 is 0 Å². The number of anilines is 3. The van der Waals surface area contributed by atoms with Crippen LogP contribution in [0.1, 0.15) is 11.1 Å². The van der Waals surface area contributed by atoms with Crippen LogP contribution in [0.5, 0.6) is 0 Å². The van der Waals surface area contributed by atoms with Crippen LogP contribution < -0.4 is 10.2 Å². The first-order valence-corrected chi connectivity index (χ1v) is 8.29. The fraction of sp³-hybridized carbons (Fsp3) is 0.167. The summed E-state index contributed by atoms with van der Waals surface area (Å²) in [5.74, 6) is 0.430. The Hall–Kier alpha value is -2.87. The number of hydrogen-bond acceptors (Lipinski definition) is 5. The molecule has 1 aromatic heterocycles. The third kappa shape index (κ3) is 4.85. The largest absolute Gasteiger partial charge is 0.418 e. The van der Waals surface area contributed by atoms with Crippen LogP contribution in [0.25, 0.3) is 0 Å². The van der Waals surface area contributed by atoms with Gasteiger partial charge in [0.15, 0.2) is 5.82 Å². The molecule has 0 aliphatic rings. The lowest BCUT2D eigenvalue weighted by Gasteiger charge is -2.18. The Labute approximate surface area is 158 Å². The Balaban J connectivity index is 1.83. The maximum atomic E-state index is 13.2. The molecule has 0 saturated heterocycles. The van der Waals surface area contributed by atoms with Crippen molar-refractivity contribution in [2.75, 3.05) is 17.3 Å². The van der Waals surface area contributed by atoms with Crippen molar-refractivity contribution in [3.63, 3.8) is 0 Å². The van der Waals surface area contributed by atoms with Gasteiger partial charge in [0.05, 0.1) is 17.4 Å². The van der Waals surface area contributed by atoms with Crippen molar-refractivity contribution in [1.29, 1.82) is 0 Å². The highest BCUT2D eigenvalue weighted by Crippen LogP contribution is 2.37. The lowest BCUT2D eigenvalue weighted by molar-refractivity contribution is -0.136. The SMILES string of the molecule is CN(Cc1ccccc1)c1cnnc(Nc2ccc(Cl)cc2C(F)(F)F)n1. The van der Waals surface area contributed by atoms with Gasteiger partial charge < -0.3 is 10.2 Å². The Morgan fingerprint density at radius 2 is 1.85 bits per heavy atom. The summed E-state index contributed by atoms with van der Waals surface area (Å²) in [6.45, 7) is 0.563. The van der Waals surface area contributed by atoms with Crippen LogP contribution in [-0.4, -0.2) is 22.2 Å². The molecule has 0 unspecified atom stereocenters. The molecule has 27 heavy (non-hydrogen) atoms. The summed E-state index contributed by atoms with van der Waals surface area (Å²) in [6, 6.07) is 13.1. The summed E-state index contributed by atoms with van der Waals surface area (Å²) >= 11 is 5.69. The third-order valence-corrected chi connectivity index (χ3v) is 3.97. The van der Waals surface area contributed by atoms with Gasteiger partial charge in [0.1, 0.15) is 0 Å². The van der Waals surface area contributed by atoms with Crippen molar-refractivity contribution in [2.45, 2.75) is 12.7 Å². The monoisotopic (exact) mass is 393 g/mol. The molecular formula is C18H15ClF3N5. The minimum absolute atomic E-state index is 0.0109. The average molecular weight is 394 g/mol. The van der Waals surface area contributed by atoms with E-state index in [1.165, 1.54) is 18.3 Å². The Kier molecular flexibility index (Phi) is 5.46. The van der Waals surface area contributed by atoms with Crippen LogP contribution >= 0.6 is 11.6 Å². The van der Waals surface area contributed by atoms with Crippen molar-refractivity contribution in [1.82, 2.24) is 15.2 Å². The topological polar surface area (TPSA) is 53.9 Å². The molecule has 5 nitrogen and oxygen atoms in total. The summed E-state index contributed by atoms with van der Waals surface area (Å²) in [5.41, 5.74) is -0.0385. The van der Waals surface area contributed by atoms with Crippen LogP contribution in [0.4, 0.5) is 30.6 Å². The summed E-state index contributed by atoms with van der Waals surface area (Å²) in [7, 11) is 1.81. The zero-order valence-electron chi connectivity index (χ0n) is 14.2. The van der Waals surface area contributed by atoms with Gasteiger partial charge in [-0.05, 0) is 23.8 Å². The Morgan fingerprint density at radius 1 is 1.11 bits per heavy atom. The van der Waals surface area contributed by atoms with E-state index in [4.69, 9.17) is 11.6 Å². The van der Waals surface area contributed by atoms with Crippen LogP contribution in [0.2, 0.25) is 5.02 Å². The highest BCUT2D eigenvalue weighted by Gasteiger charge is 2.34. The normalized spacial score (nSPS) is 11.3. The molecule has 2 aromatic carbocycles. The first-order chi connectivity index (χ1) is 12.8. The van der Waals surface area contributed by atoms with E-state index in [0.717, 1.165) is 11.6 Å². The van der Waals surface area contributed by atoms with E-state index in [-0.39, 0.29) is 16.7 Å². The molecule has 9 heteroatoms. The number of aromatic nitrogens is 3. The van der Waals surface area contributed by atoms with Gasteiger partial charge in [-0.25, -0.2) is 0 Å². The number of alkyl halides is 3. The van der Waals surface area contributed by atoms with Crippen LogP contribution in [0, 0.1) is 0 Å². The zero-order valence-corrected chi connectivity index (χ0v) is 15.0. The molecule has 1 N–H and O–H groups in total. The van der Waals surface area contributed by atoms with E-state index in [1.807, 2.05) is 42.3 Å². The molecule has 0 amide bonds. The first-order valence-electron chi connectivity index (χ1n) is 7.91. The Morgan fingerprint density at radius 3 is 2.56 bits per heavy atom. The van der Waals surface area contributed by atoms with E-state index < -0.39 is 11.7 Å². The number of halogens is 4. The summed E-state index contributed by atoms with van der Waals surface area (Å²) in [6.07, 6.45) is -3.12. The fourth-order valence-electron chi connectivity index (χ4n) is 2.45. The molecule has 3 rings (SSSR count). The highest BCUT2D eigenvalue weighted by atomic mass is 35.5. The molecule has 0 saturated carbocycles. The third-order valence-electron chi connectivity index (χ3n) is 3.73. The minimum Gasteiger partial charge on any atom is -0.354 e. The maximum Gasteiger partial charge on any atom is 0.418 e. The van der Waals surface area contributed by atoms with E-state index in [1.54, 1.807) is 0 Å². The van der Waals surface area contributed by atoms with Crippen LogP contribution in [0.3, 0.4) is 0 Å². The van der Waals surface area contributed by atoms with E-state index in [2.05, 4.69) is 20.5 Å². The van der Waals surface area contributed by atoms with E-state index in [0.29, 0.717) is 12.4 Å². The standard InChI is InChI=1S/C18H15ClF3N5/c1-27(11-12-5-3-2-4-6-12)16-10-23-26-17(25-16)24-15-8-7-13(19)9-14(15)18(20,21)22/h2-10H,11H2,1H3,(H,24,25,26). The molecule has 140 valence electrons. The molecule has 0 fully saturated rings. The number of nitrogens with zero attached hydrogens (tertiary/aromatic N) is 4. The number of benzene rings is 2. The Bertz CT molecular complexity index is 918. The van der Waals surface area contributed by atoms with Crippen molar-refractivity contribution in [3.05, 3.63) is 70.9 Å². The maximum absolute atomic E-state index is 13.2. The molecule has 1 heterocycles. The highest BCUT2D eigenvalue weighted by molar-refractivity contribution is 6.30. The summed E-state index contributed by atoms with van der Waals surface area (Å²) in [4.78, 5) is 6.07. The predicted octanol–water partition coefficient (Wildman–Crippen LogP) is 4.92. The van der Waals surface area contributed by atoms with Gasteiger partial charge in [-0.3, -0.25) is 0 Å². The molecule has 0 aliphatic heterocycles. The molecule has 0 spiro atoms. The van der Waals surface area contributed by atoms with Gasteiger partial charge >= 0.3 is 6.18 Å². The summed E-state index contributed by atoms with van der Waals surface area (Å²) in [5, 5.41) is 10.2. The molecule has 3 aromatic rings.